The lowest BCUT2D eigenvalue weighted by Gasteiger charge is -2.12. The largest absolute Gasteiger partial charge is 0.495 e. The van der Waals surface area contributed by atoms with Gasteiger partial charge in [0, 0.05) is 12.1 Å². The summed E-state index contributed by atoms with van der Waals surface area (Å²) >= 11 is 1.78. The Balaban J connectivity index is 2.61. The number of hydrogen-bond acceptors (Lipinski definition) is 4. The molecular weight excluding hydrogens is 248 g/mol. The van der Waals surface area contributed by atoms with Crippen molar-refractivity contribution in [3.8, 4) is 5.75 Å². The van der Waals surface area contributed by atoms with Crippen LogP contribution in [0.15, 0.2) is 18.2 Å². The molecule has 0 saturated heterocycles. The van der Waals surface area contributed by atoms with Gasteiger partial charge in [0.15, 0.2) is 0 Å². The molecule has 0 saturated carbocycles. The van der Waals surface area contributed by atoms with Crippen molar-refractivity contribution in [2.24, 2.45) is 5.92 Å². The first-order valence-corrected chi connectivity index (χ1v) is 7.18. The second-order valence-corrected chi connectivity index (χ2v) is 5.14. The summed E-state index contributed by atoms with van der Waals surface area (Å²) in [6.45, 7) is 2.78. The van der Waals surface area contributed by atoms with E-state index in [1.165, 1.54) is 7.11 Å². The van der Waals surface area contributed by atoms with Crippen LogP contribution in [0.2, 0.25) is 0 Å². The molecule has 0 heterocycles. The lowest BCUT2D eigenvalue weighted by molar-refractivity contribution is 0.0949. The Morgan fingerprint density at radius 2 is 2.28 bits per heavy atom. The van der Waals surface area contributed by atoms with Crippen LogP contribution in [0.1, 0.15) is 17.3 Å². The first kappa shape index (κ1) is 14.7. The molecule has 0 aromatic heterocycles. The monoisotopic (exact) mass is 268 g/mol. The minimum Gasteiger partial charge on any atom is -0.495 e. The maximum atomic E-state index is 11.9. The lowest BCUT2D eigenvalue weighted by Crippen LogP contribution is -2.29. The van der Waals surface area contributed by atoms with Crippen LogP contribution in [-0.4, -0.2) is 31.6 Å². The molecule has 1 amide bonds. The second-order valence-electron chi connectivity index (χ2n) is 4.23. The molecule has 1 atom stereocenters. The van der Waals surface area contributed by atoms with E-state index in [4.69, 9.17) is 10.5 Å². The van der Waals surface area contributed by atoms with Crippen molar-refractivity contribution in [3.05, 3.63) is 23.8 Å². The van der Waals surface area contributed by atoms with Gasteiger partial charge in [-0.3, -0.25) is 4.79 Å². The van der Waals surface area contributed by atoms with E-state index >= 15 is 0 Å². The Kier molecular flexibility index (Phi) is 5.85. The molecular formula is C13H20N2O2S. The Labute approximate surface area is 112 Å². The first-order chi connectivity index (χ1) is 8.58. The maximum Gasteiger partial charge on any atom is 0.251 e. The highest BCUT2D eigenvalue weighted by molar-refractivity contribution is 7.98. The molecule has 1 aromatic rings. The van der Waals surface area contributed by atoms with E-state index in [-0.39, 0.29) is 5.91 Å². The fraction of sp³-hybridized carbons (Fsp3) is 0.462. The van der Waals surface area contributed by atoms with Crippen LogP contribution >= 0.6 is 11.8 Å². The number of nitrogens with two attached hydrogens (primary N) is 1. The predicted octanol–water partition coefficient (Wildman–Crippen LogP) is 2.01. The number of hydrogen-bond donors (Lipinski definition) is 2. The number of carbonyl (C=O) groups excluding carboxylic acids is 1. The van der Waals surface area contributed by atoms with Crippen LogP contribution in [0.5, 0.6) is 5.75 Å². The van der Waals surface area contributed by atoms with Crippen molar-refractivity contribution in [1.29, 1.82) is 0 Å². The average Bonchev–Trinajstić information content (AvgIpc) is 2.37. The van der Waals surface area contributed by atoms with Gasteiger partial charge < -0.3 is 15.8 Å². The van der Waals surface area contributed by atoms with Gasteiger partial charge in [0.25, 0.3) is 5.91 Å². The van der Waals surface area contributed by atoms with Gasteiger partial charge in [0.1, 0.15) is 5.75 Å². The molecule has 0 fully saturated rings. The summed E-state index contributed by atoms with van der Waals surface area (Å²) in [6, 6.07) is 5.04. The SMILES string of the molecule is COc1cc(C(=O)NCC(C)CSC)ccc1N. The molecule has 0 bridgehead atoms. The predicted molar refractivity (Wildman–Crippen MR) is 77.3 cm³/mol. The molecule has 0 spiro atoms. The highest BCUT2D eigenvalue weighted by atomic mass is 32.2. The number of benzene rings is 1. The minimum atomic E-state index is -0.0961. The van der Waals surface area contributed by atoms with Crippen LogP contribution in [-0.2, 0) is 0 Å². The number of carbonyl (C=O) groups is 1. The fourth-order valence-corrected chi connectivity index (χ4v) is 2.25. The number of nitrogens with one attached hydrogen (secondary N) is 1. The molecule has 100 valence electrons. The average molecular weight is 268 g/mol. The molecule has 0 aliphatic rings. The van der Waals surface area contributed by atoms with Crippen LogP contribution in [0.25, 0.3) is 0 Å². The van der Waals surface area contributed by atoms with E-state index in [9.17, 15) is 4.79 Å². The smallest absolute Gasteiger partial charge is 0.251 e. The van der Waals surface area contributed by atoms with E-state index in [1.54, 1.807) is 30.0 Å². The van der Waals surface area contributed by atoms with Gasteiger partial charge in [0.05, 0.1) is 12.8 Å². The topological polar surface area (TPSA) is 64.3 Å². The normalized spacial score (nSPS) is 11.9. The molecule has 0 radical (unpaired) electrons. The van der Waals surface area contributed by atoms with Crippen LogP contribution in [0, 0.1) is 5.92 Å². The summed E-state index contributed by atoms with van der Waals surface area (Å²) < 4.78 is 5.09. The van der Waals surface area contributed by atoms with E-state index in [0.29, 0.717) is 29.5 Å². The molecule has 1 unspecified atom stereocenters. The molecule has 3 N–H and O–H groups in total. The van der Waals surface area contributed by atoms with Crippen LogP contribution in [0.3, 0.4) is 0 Å². The zero-order valence-electron chi connectivity index (χ0n) is 11.0. The van der Waals surface area contributed by atoms with Gasteiger partial charge in [-0.1, -0.05) is 6.92 Å². The third-order valence-electron chi connectivity index (χ3n) is 2.56. The van der Waals surface area contributed by atoms with E-state index in [2.05, 4.69) is 18.5 Å². The van der Waals surface area contributed by atoms with Gasteiger partial charge >= 0.3 is 0 Å². The van der Waals surface area contributed by atoms with Crippen molar-refractivity contribution in [2.75, 3.05) is 31.4 Å². The quantitative estimate of drug-likeness (QED) is 0.775. The third-order valence-corrected chi connectivity index (χ3v) is 3.46. The van der Waals surface area contributed by atoms with Crippen LogP contribution < -0.4 is 15.8 Å². The summed E-state index contributed by atoms with van der Waals surface area (Å²) in [5, 5.41) is 2.91. The highest BCUT2D eigenvalue weighted by Crippen LogP contribution is 2.22. The van der Waals surface area contributed by atoms with Crippen LogP contribution in [0.4, 0.5) is 5.69 Å². The zero-order valence-corrected chi connectivity index (χ0v) is 11.8. The van der Waals surface area contributed by atoms with Crippen molar-refractivity contribution in [3.63, 3.8) is 0 Å². The summed E-state index contributed by atoms with van der Waals surface area (Å²) in [6.07, 6.45) is 2.06. The minimum absolute atomic E-state index is 0.0961. The number of thioether (sulfide) groups is 1. The van der Waals surface area contributed by atoms with Gasteiger partial charge in [-0.05, 0) is 36.1 Å². The molecule has 4 nitrogen and oxygen atoms in total. The van der Waals surface area contributed by atoms with E-state index < -0.39 is 0 Å². The van der Waals surface area contributed by atoms with E-state index in [0.717, 1.165) is 5.75 Å². The molecule has 0 aliphatic carbocycles. The summed E-state index contributed by atoms with van der Waals surface area (Å²) in [5.41, 5.74) is 6.80. The molecule has 18 heavy (non-hydrogen) atoms. The molecule has 0 aliphatic heterocycles. The number of rotatable bonds is 6. The van der Waals surface area contributed by atoms with Crippen molar-refractivity contribution in [1.82, 2.24) is 5.32 Å². The molecule has 1 rings (SSSR count). The number of methoxy groups -OCH3 is 1. The van der Waals surface area contributed by atoms with E-state index in [1.807, 2.05) is 0 Å². The molecule has 5 heteroatoms. The number of amides is 1. The fourth-order valence-electron chi connectivity index (χ4n) is 1.56. The first-order valence-electron chi connectivity index (χ1n) is 5.79. The number of ether oxygens (including phenoxy) is 1. The standard InChI is InChI=1S/C13H20N2O2S/c1-9(8-18-3)7-15-13(16)10-4-5-11(14)12(6-10)17-2/h4-6,9H,7-8,14H2,1-3H3,(H,15,16). The summed E-state index contributed by atoms with van der Waals surface area (Å²) in [5.74, 6) is 1.92. The van der Waals surface area contributed by atoms with Gasteiger partial charge in [-0.15, -0.1) is 0 Å². The zero-order chi connectivity index (χ0) is 13.5. The maximum absolute atomic E-state index is 11.9. The van der Waals surface area contributed by atoms with Gasteiger partial charge in [0.2, 0.25) is 0 Å². The Morgan fingerprint density at radius 1 is 1.56 bits per heavy atom. The summed E-state index contributed by atoms with van der Waals surface area (Å²) in [7, 11) is 1.54. The van der Waals surface area contributed by atoms with Crippen molar-refractivity contribution >= 4 is 23.4 Å². The Morgan fingerprint density at radius 3 is 2.89 bits per heavy atom. The highest BCUT2D eigenvalue weighted by Gasteiger charge is 2.10. The van der Waals surface area contributed by atoms with Crippen molar-refractivity contribution < 1.29 is 9.53 Å². The van der Waals surface area contributed by atoms with Gasteiger partial charge in [-0.25, -0.2) is 0 Å². The Bertz CT molecular complexity index is 410. The second kappa shape index (κ2) is 7.16. The lowest BCUT2D eigenvalue weighted by atomic mass is 10.1. The summed E-state index contributed by atoms with van der Waals surface area (Å²) in [4.78, 5) is 11.9. The number of nitrogen functional groups attached to an aromatic ring is 1. The Hall–Kier alpha value is -1.36. The number of anilines is 1. The molecule has 1 aromatic carbocycles. The third kappa shape index (κ3) is 4.14. The van der Waals surface area contributed by atoms with Crippen molar-refractivity contribution in [2.45, 2.75) is 6.92 Å². The van der Waals surface area contributed by atoms with Gasteiger partial charge in [-0.2, -0.15) is 11.8 Å².